The molecule has 46 heavy (non-hydrogen) atoms. The number of nitrogens with zero attached hydrogens (tertiary/aromatic N) is 2. The van der Waals surface area contributed by atoms with Gasteiger partial charge >= 0.3 is 49.4 Å². The third-order valence-electron chi connectivity index (χ3n) is 7.31. The average molecular weight is 741 g/mol. The van der Waals surface area contributed by atoms with Crippen LogP contribution in [0, 0.1) is 49.4 Å². The van der Waals surface area contributed by atoms with Gasteiger partial charge in [-0.15, -0.1) is 11.4 Å². The summed E-state index contributed by atoms with van der Waals surface area (Å²) in [5.74, 6) is 0.0595. The Kier molecular flexibility index (Phi) is 13.4. The Bertz CT molecular complexity index is 1860. The predicted molar refractivity (Wildman–Crippen MR) is 190 cm³/mol. The topological polar surface area (TPSA) is 68.7 Å². The molecule has 0 amide bonds. The van der Waals surface area contributed by atoms with Gasteiger partial charge in [0.05, 0.1) is 0 Å². The second-order valence-electron chi connectivity index (χ2n) is 10.1. The molecular weight excluding hydrogens is 704 g/mol. The SMILES string of the molecule is C1=C[N-]c2c3c(ccc2=C1)=CC=C[N-]3.CC.OC(=CC(O)c1ccc(-c2ccccc2)cc1)c1ccc(-c2ccccc2)cc1.[Eu+2]. The maximum atomic E-state index is 10.5. The molecule has 5 heteroatoms. The molecule has 0 fully saturated rings. The molecule has 5 aromatic carbocycles. The summed E-state index contributed by atoms with van der Waals surface area (Å²) in [7, 11) is 0. The van der Waals surface area contributed by atoms with Gasteiger partial charge in [0.1, 0.15) is 11.9 Å². The van der Waals surface area contributed by atoms with E-state index in [1.165, 1.54) is 6.08 Å². The van der Waals surface area contributed by atoms with Gasteiger partial charge in [0.15, 0.2) is 0 Å². The van der Waals surface area contributed by atoms with E-state index in [1.807, 2.05) is 123 Å². The summed E-state index contributed by atoms with van der Waals surface area (Å²) in [5.41, 5.74) is 7.79. The minimum absolute atomic E-state index is 0. The van der Waals surface area contributed by atoms with Gasteiger partial charge in [-0.1, -0.05) is 159 Å². The van der Waals surface area contributed by atoms with Gasteiger partial charge in [-0.05, 0) is 44.3 Å². The van der Waals surface area contributed by atoms with Crippen molar-refractivity contribution in [3.8, 4) is 22.3 Å². The first-order chi connectivity index (χ1) is 22.2. The van der Waals surface area contributed by atoms with Crippen molar-refractivity contribution in [1.82, 2.24) is 0 Å². The van der Waals surface area contributed by atoms with E-state index in [1.54, 1.807) is 12.4 Å². The first-order valence-electron chi connectivity index (χ1n) is 15.1. The summed E-state index contributed by atoms with van der Waals surface area (Å²) >= 11 is 0. The molecule has 0 saturated carbocycles. The van der Waals surface area contributed by atoms with Crippen LogP contribution in [0.5, 0.6) is 0 Å². The second-order valence-corrected chi connectivity index (χ2v) is 10.1. The molecule has 1 radical (unpaired) electrons. The summed E-state index contributed by atoms with van der Waals surface area (Å²) in [5, 5.41) is 31.9. The van der Waals surface area contributed by atoms with Crippen LogP contribution >= 0.6 is 0 Å². The van der Waals surface area contributed by atoms with E-state index in [9.17, 15) is 10.2 Å². The van der Waals surface area contributed by atoms with E-state index in [0.717, 1.165) is 49.6 Å². The van der Waals surface area contributed by atoms with Crippen molar-refractivity contribution in [2.75, 3.05) is 0 Å². The normalized spacial score (nSPS) is 12.7. The molecule has 2 aliphatic rings. The number of hydrogen-bond acceptors (Lipinski definition) is 2. The number of allylic oxidation sites excluding steroid dienone is 2. The number of fused-ring (bicyclic) bond motifs is 3. The van der Waals surface area contributed by atoms with Crippen molar-refractivity contribution in [3.05, 3.63) is 184 Å². The van der Waals surface area contributed by atoms with Crippen LogP contribution in [-0.2, 0) is 0 Å². The van der Waals surface area contributed by atoms with E-state index < -0.39 is 6.10 Å². The van der Waals surface area contributed by atoms with Gasteiger partial charge in [0, 0.05) is 5.56 Å². The smallest absolute Gasteiger partial charge is 0.665 e. The Balaban J connectivity index is 0.000000236. The number of benzene rings is 5. The third kappa shape index (κ3) is 8.83. The van der Waals surface area contributed by atoms with Crippen LogP contribution in [-0.4, -0.2) is 10.2 Å². The maximum absolute atomic E-state index is 10.5. The van der Waals surface area contributed by atoms with Gasteiger partial charge in [-0.3, -0.25) is 0 Å². The van der Waals surface area contributed by atoms with Gasteiger partial charge < -0.3 is 20.8 Å². The third-order valence-corrected chi connectivity index (χ3v) is 7.31. The summed E-state index contributed by atoms with van der Waals surface area (Å²) in [6, 6.07) is 39.7. The minimum Gasteiger partial charge on any atom is -0.665 e. The molecule has 0 aromatic heterocycles. The van der Waals surface area contributed by atoms with Crippen molar-refractivity contribution in [1.29, 1.82) is 0 Å². The van der Waals surface area contributed by atoms with Crippen molar-refractivity contribution >= 4 is 29.3 Å². The zero-order valence-electron chi connectivity index (χ0n) is 25.8. The van der Waals surface area contributed by atoms with E-state index in [0.29, 0.717) is 5.56 Å². The monoisotopic (exact) mass is 741 g/mol. The van der Waals surface area contributed by atoms with E-state index >= 15 is 0 Å². The quantitative estimate of drug-likeness (QED) is 0.176. The Morgan fingerprint density at radius 3 is 1.43 bits per heavy atom. The van der Waals surface area contributed by atoms with Crippen molar-refractivity contribution < 1.29 is 59.6 Å². The Hall–Kier alpha value is -4.00. The van der Waals surface area contributed by atoms with Gasteiger partial charge in [-0.2, -0.15) is 12.4 Å². The molecule has 1 unspecified atom stereocenters. The average Bonchev–Trinajstić information content (AvgIpc) is 3.13. The molecule has 0 spiro atoms. The van der Waals surface area contributed by atoms with E-state index in [-0.39, 0.29) is 55.1 Å². The standard InChI is InChI=1S/C27H22O2.C12H8N2.C2H6.Eu/c28-26(24-15-11-22(12-16-24)20-7-3-1-4-8-20)19-27(29)25-17-13-23(14-18-25)21-9-5-2-6-10-21;1-3-9-5-6-10-4-2-8-14-12(10)11(9)13-7-1;1-2;/h1-19,26,28-29H;1-8H;1-2H3;/q;-2;;+2. The summed E-state index contributed by atoms with van der Waals surface area (Å²) < 4.78 is 0. The molecule has 229 valence electrons. The number of rotatable bonds is 5. The molecule has 2 N–H and O–H groups in total. The molecule has 0 aliphatic carbocycles. The van der Waals surface area contributed by atoms with Crippen LogP contribution in [0.1, 0.15) is 31.1 Å². The van der Waals surface area contributed by atoms with Crippen LogP contribution in [0.3, 0.4) is 0 Å². The van der Waals surface area contributed by atoms with Crippen molar-refractivity contribution in [2.24, 2.45) is 0 Å². The molecule has 5 aromatic rings. The van der Waals surface area contributed by atoms with Gasteiger partial charge in [0.25, 0.3) is 0 Å². The fraction of sp³-hybridized carbons (Fsp3) is 0.0732. The Labute approximate surface area is 312 Å². The largest absolute Gasteiger partial charge is 2.00 e. The van der Waals surface area contributed by atoms with Crippen LogP contribution < -0.4 is 10.4 Å². The van der Waals surface area contributed by atoms with Crippen LogP contribution in [0.4, 0.5) is 11.4 Å². The summed E-state index contributed by atoms with van der Waals surface area (Å²) in [4.78, 5) is 0. The van der Waals surface area contributed by atoms with Crippen molar-refractivity contribution in [3.63, 3.8) is 0 Å². The molecular formula is C41H36EuN2O2. The van der Waals surface area contributed by atoms with Crippen LogP contribution in [0.25, 0.3) is 50.8 Å². The van der Waals surface area contributed by atoms with Crippen molar-refractivity contribution in [2.45, 2.75) is 20.0 Å². The van der Waals surface area contributed by atoms with Crippen LogP contribution in [0.2, 0.25) is 0 Å². The van der Waals surface area contributed by atoms with E-state index in [2.05, 4.69) is 47.1 Å². The predicted octanol–water partition coefficient (Wildman–Crippen LogP) is 9.99. The first kappa shape index (κ1) is 34.9. The second kappa shape index (κ2) is 17.6. The zero-order chi connectivity index (χ0) is 31.4. The maximum Gasteiger partial charge on any atom is 2.00 e. The Morgan fingerprint density at radius 2 is 0.978 bits per heavy atom. The zero-order valence-corrected chi connectivity index (χ0v) is 28.3. The van der Waals surface area contributed by atoms with Gasteiger partial charge in [0.2, 0.25) is 0 Å². The molecule has 7 rings (SSSR count). The summed E-state index contributed by atoms with van der Waals surface area (Å²) in [6.45, 7) is 4.00. The number of aliphatic hydroxyl groups excluding tert-OH is 2. The number of aliphatic hydroxyl groups is 2. The number of hydrogen-bond donors (Lipinski definition) is 2. The fourth-order valence-electron chi connectivity index (χ4n) is 4.99. The fourth-order valence-corrected chi connectivity index (χ4v) is 4.99. The molecule has 0 saturated heterocycles. The molecule has 4 nitrogen and oxygen atoms in total. The summed E-state index contributed by atoms with van der Waals surface area (Å²) in [6.07, 6.45) is 12.2. The van der Waals surface area contributed by atoms with Crippen LogP contribution in [0.15, 0.2) is 152 Å². The van der Waals surface area contributed by atoms with E-state index in [4.69, 9.17) is 0 Å². The van der Waals surface area contributed by atoms with Gasteiger partial charge in [-0.25, -0.2) is 0 Å². The molecule has 2 aliphatic heterocycles. The molecule has 1 atom stereocenters. The molecule has 2 heterocycles. The Morgan fingerprint density at radius 1 is 0.565 bits per heavy atom. The minimum atomic E-state index is -0.881. The molecule has 0 bridgehead atoms. The first-order valence-corrected chi connectivity index (χ1v) is 15.1.